The van der Waals surface area contributed by atoms with Crippen LogP contribution >= 0.6 is 11.6 Å². The summed E-state index contributed by atoms with van der Waals surface area (Å²) >= 11 is 6.02. The Labute approximate surface area is 210 Å². The molecule has 0 saturated carbocycles. The molecule has 1 unspecified atom stereocenters. The molecule has 1 atom stereocenters. The van der Waals surface area contributed by atoms with Crippen molar-refractivity contribution in [3.8, 4) is 5.75 Å². The van der Waals surface area contributed by atoms with Crippen LogP contribution in [-0.4, -0.2) is 63.7 Å². The zero-order valence-corrected chi connectivity index (χ0v) is 21.1. The number of hydrogen-bond acceptors (Lipinski definition) is 5. The maximum atomic E-state index is 13.4. The van der Waals surface area contributed by atoms with Crippen LogP contribution in [0.15, 0.2) is 54.7 Å². The molecule has 1 aromatic heterocycles. The lowest BCUT2D eigenvalue weighted by Crippen LogP contribution is -2.45. The second-order valence-electron chi connectivity index (χ2n) is 9.09. The molecule has 184 valence electrons. The number of ether oxygens (including phenoxy) is 1. The summed E-state index contributed by atoms with van der Waals surface area (Å²) in [7, 11) is 3.72. The topological polar surface area (TPSA) is 79.7 Å². The zero-order chi connectivity index (χ0) is 25.1. The van der Waals surface area contributed by atoms with Crippen molar-refractivity contribution in [2.45, 2.75) is 32.5 Å². The molecule has 4 rings (SSSR count). The number of amides is 2. The van der Waals surface area contributed by atoms with Crippen LogP contribution in [-0.2, 0) is 13.6 Å². The fourth-order valence-electron chi connectivity index (χ4n) is 4.23. The lowest BCUT2D eigenvalue weighted by Gasteiger charge is -2.30. The van der Waals surface area contributed by atoms with Crippen molar-refractivity contribution in [1.82, 2.24) is 19.6 Å². The minimum Gasteiger partial charge on any atom is -0.484 e. The van der Waals surface area contributed by atoms with E-state index in [0.717, 1.165) is 5.56 Å². The number of nitrogens with one attached hydrogen (secondary N) is 1. The van der Waals surface area contributed by atoms with Crippen LogP contribution in [0.25, 0.3) is 0 Å². The number of carbonyl (C=O) groups excluding carboxylic acids is 2. The molecule has 3 aromatic rings. The van der Waals surface area contributed by atoms with Crippen molar-refractivity contribution in [3.63, 3.8) is 0 Å². The van der Waals surface area contributed by atoms with Crippen LogP contribution in [0.3, 0.4) is 0 Å². The van der Waals surface area contributed by atoms with Crippen LogP contribution < -0.4 is 10.1 Å². The van der Waals surface area contributed by atoms with E-state index in [1.807, 2.05) is 50.1 Å². The first-order valence-electron chi connectivity index (χ1n) is 11.6. The molecule has 2 amide bonds. The minimum atomic E-state index is -0.323. The van der Waals surface area contributed by atoms with Crippen LogP contribution in [0.1, 0.15) is 40.3 Å². The van der Waals surface area contributed by atoms with E-state index in [2.05, 4.69) is 15.3 Å². The van der Waals surface area contributed by atoms with Gasteiger partial charge in [-0.2, -0.15) is 5.10 Å². The number of nitrogens with zero attached hydrogens (tertiary/aromatic N) is 4. The predicted octanol–water partition coefficient (Wildman–Crippen LogP) is 4.07. The summed E-state index contributed by atoms with van der Waals surface area (Å²) in [4.78, 5) is 30.3. The second-order valence-corrected chi connectivity index (χ2v) is 9.53. The number of likely N-dealkylation sites (N-methyl/N-ethyl adjacent to an activating group) is 1. The zero-order valence-electron chi connectivity index (χ0n) is 20.4. The van der Waals surface area contributed by atoms with Crippen LogP contribution in [0.2, 0.25) is 5.02 Å². The molecule has 2 heterocycles. The van der Waals surface area contributed by atoms with E-state index in [0.29, 0.717) is 47.4 Å². The Balaban J connectivity index is 1.60. The Bertz CT molecular complexity index is 1210. The molecular weight excluding hydrogens is 466 g/mol. The highest BCUT2D eigenvalue weighted by molar-refractivity contribution is 6.30. The van der Waals surface area contributed by atoms with Gasteiger partial charge in [-0.1, -0.05) is 29.8 Å². The van der Waals surface area contributed by atoms with E-state index < -0.39 is 0 Å². The molecule has 0 saturated heterocycles. The van der Waals surface area contributed by atoms with Crippen LogP contribution in [0, 0.1) is 0 Å². The molecule has 1 aliphatic heterocycles. The molecule has 8 nitrogen and oxygen atoms in total. The molecule has 35 heavy (non-hydrogen) atoms. The SMILES string of the molecule is CC(C)N1CC(CN(C)Cc2ccc(Cl)cc2)Oc2c(NC(=O)c3ccnn3C)cccc2C1=O. The number of fused-ring (bicyclic) bond motifs is 1. The summed E-state index contributed by atoms with van der Waals surface area (Å²) in [6.45, 7) is 5.71. The van der Waals surface area contributed by atoms with E-state index in [4.69, 9.17) is 16.3 Å². The Kier molecular flexibility index (Phi) is 7.42. The molecule has 0 fully saturated rings. The predicted molar refractivity (Wildman–Crippen MR) is 136 cm³/mol. The molecule has 1 N–H and O–H groups in total. The third-order valence-electron chi connectivity index (χ3n) is 6.00. The Morgan fingerprint density at radius 3 is 2.63 bits per heavy atom. The fraction of sp³-hybridized carbons (Fsp3) is 0.346. The van der Waals surface area contributed by atoms with Crippen molar-refractivity contribution in [2.75, 3.05) is 25.5 Å². The third kappa shape index (κ3) is 5.66. The monoisotopic (exact) mass is 495 g/mol. The quantitative estimate of drug-likeness (QED) is 0.534. The van der Waals surface area contributed by atoms with Crippen molar-refractivity contribution in [1.29, 1.82) is 0 Å². The van der Waals surface area contributed by atoms with E-state index in [9.17, 15) is 9.59 Å². The maximum absolute atomic E-state index is 13.4. The smallest absolute Gasteiger partial charge is 0.274 e. The second kappa shape index (κ2) is 10.5. The van der Waals surface area contributed by atoms with Crippen molar-refractivity contribution in [2.24, 2.45) is 7.05 Å². The van der Waals surface area contributed by atoms with Crippen molar-refractivity contribution < 1.29 is 14.3 Å². The van der Waals surface area contributed by atoms with Gasteiger partial charge in [-0.3, -0.25) is 19.2 Å². The Hall–Kier alpha value is -3.36. The average Bonchev–Trinajstić information content (AvgIpc) is 3.19. The average molecular weight is 496 g/mol. The molecule has 9 heteroatoms. The highest BCUT2D eigenvalue weighted by Crippen LogP contribution is 2.34. The highest BCUT2D eigenvalue weighted by Gasteiger charge is 2.33. The van der Waals surface area contributed by atoms with Gasteiger partial charge in [-0.25, -0.2) is 0 Å². The van der Waals surface area contributed by atoms with E-state index in [1.54, 1.807) is 37.5 Å². The minimum absolute atomic E-state index is 0.00573. The molecular formula is C26H30ClN5O3. The first kappa shape index (κ1) is 24.8. The van der Waals surface area contributed by atoms with E-state index in [-0.39, 0.29) is 24.0 Å². The van der Waals surface area contributed by atoms with Crippen molar-refractivity contribution in [3.05, 3.63) is 76.6 Å². The summed E-state index contributed by atoms with van der Waals surface area (Å²) in [6.07, 6.45) is 1.27. The van der Waals surface area contributed by atoms with E-state index >= 15 is 0 Å². The number of para-hydroxylation sites is 1. The number of aryl methyl sites for hydroxylation is 1. The molecule has 2 aromatic carbocycles. The van der Waals surface area contributed by atoms with E-state index in [1.165, 1.54) is 4.68 Å². The summed E-state index contributed by atoms with van der Waals surface area (Å²) in [5.74, 6) is -0.0497. The van der Waals surface area contributed by atoms with Crippen molar-refractivity contribution >= 4 is 29.1 Å². The number of aromatic nitrogens is 2. The number of carbonyl (C=O) groups is 2. The summed E-state index contributed by atoms with van der Waals surface area (Å²) < 4.78 is 7.95. The van der Waals surface area contributed by atoms with Gasteiger partial charge in [0.15, 0.2) is 5.75 Å². The third-order valence-corrected chi connectivity index (χ3v) is 6.25. The molecule has 0 spiro atoms. The first-order valence-corrected chi connectivity index (χ1v) is 11.9. The van der Waals surface area contributed by atoms with Gasteiger partial charge in [0.1, 0.15) is 11.8 Å². The van der Waals surface area contributed by atoms with Crippen LogP contribution in [0.4, 0.5) is 5.69 Å². The normalized spacial score (nSPS) is 15.7. The summed E-state index contributed by atoms with van der Waals surface area (Å²) in [5.41, 5.74) is 2.43. The number of rotatable bonds is 7. The first-order chi connectivity index (χ1) is 16.7. The van der Waals surface area contributed by atoms with Gasteiger partial charge in [0.05, 0.1) is 17.8 Å². The number of hydrogen-bond donors (Lipinski definition) is 1. The lowest BCUT2D eigenvalue weighted by molar-refractivity contribution is 0.0605. The van der Waals surface area contributed by atoms with Gasteiger partial charge in [0, 0.05) is 37.4 Å². The van der Waals surface area contributed by atoms with Gasteiger partial charge in [0.2, 0.25) is 0 Å². The maximum Gasteiger partial charge on any atom is 0.274 e. The summed E-state index contributed by atoms with van der Waals surface area (Å²) in [6, 6.07) is 14.6. The molecule has 0 aliphatic carbocycles. The lowest BCUT2D eigenvalue weighted by atomic mass is 10.1. The Morgan fingerprint density at radius 2 is 1.97 bits per heavy atom. The Morgan fingerprint density at radius 1 is 1.23 bits per heavy atom. The molecule has 0 radical (unpaired) electrons. The fourth-order valence-corrected chi connectivity index (χ4v) is 4.35. The number of benzene rings is 2. The van der Waals surface area contributed by atoms with Gasteiger partial charge in [0.25, 0.3) is 11.8 Å². The van der Waals surface area contributed by atoms with Crippen LogP contribution in [0.5, 0.6) is 5.75 Å². The highest BCUT2D eigenvalue weighted by atomic mass is 35.5. The van der Waals surface area contributed by atoms with Gasteiger partial charge >= 0.3 is 0 Å². The number of halogens is 1. The van der Waals surface area contributed by atoms with Gasteiger partial charge in [-0.05, 0) is 56.8 Å². The van der Waals surface area contributed by atoms with Gasteiger partial charge < -0.3 is 15.0 Å². The molecule has 0 bridgehead atoms. The largest absolute Gasteiger partial charge is 0.484 e. The number of anilines is 1. The standard InChI is InChI=1S/C26H30ClN5O3/c1-17(2)32-16-20(15-30(3)14-18-8-10-19(27)11-9-18)35-24-21(26(32)34)6-5-7-22(24)29-25(33)23-12-13-28-31(23)4/h5-13,17,20H,14-16H2,1-4H3,(H,29,33). The summed E-state index contributed by atoms with van der Waals surface area (Å²) in [5, 5.41) is 7.66. The van der Waals surface area contributed by atoms with Gasteiger partial charge in [-0.15, -0.1) is 0 Å². The molecule has 1 aliphatic rings.